The standard InChI is InChI=1S/C16H15N/c1-3-6-13-11(2)10-17-16-14-8-5-4-7-12(14)9-15(13)16/h3-8,10H,9H2,1-2H3/b6-3-. The Morgan fingerprint density at radius 1 is 1.24 bits per heavy atom. The molecule has 84 valence electrons. The number of benzene rings is 1. The van der Waals surface area contributed by atoms with Crippen molar-refractivity contribution in [3.05, 3.63) is 58.8 Å². The van der Waals surface area contributed by atoms with Gasteiger partial charge in [-0.1, -0.05) is 36.4 Å². The number of aromatic nitrogens is 1. The van der Waals surface area contributed by atoms with Crippen molar-refractivity contribution in [3.63, 3.8) is 0 Å². The van der Waals surface area contributed by atoms with Crippen LogP contribution in [0.5, 0.6) is 0 Å². The average Bonchev–Trinajstić information content (AvgIpc) is 2.72. The number of hydrogen-bond acceptors (Lipinski definition) is 1. The molecule has 1 heteroatoms. The van der Waals surface area contributed by atoms with Gasteiger partial charge in [-0.15, -0.1) is 0 Å². The predicted octanol–water partition coefficient (Wildman–Crippen LogP) is 3.99. The van der Waals surface area contributed by atoms with Crippen molar-refractivity contribution >= 4 is 6.08 Å². The maximum Gasteiger partial charge on any atom is 0.0746 e. The van der Waals surface area contributed by atoms with Crippen LogP contribution in [0.2, 0.25) is 0 Å². The van der Waals surface area contributed by atoms with E-state index in [1.807, 2.05) is 6.20 Å². The molecule has 17 heavy (non-hydrogen) atoms. The molecular weight excluding hydrogens is 206 g/mol. The number of pyridine rings is 1. The van der Waals surface area contributed by atoms with E-state index >= 15 is 0 Å². The van der Waals surface area contributed by atoms with E-state index in [0.717, 1.165) is 6.42 Å². The van der Waals surface area contributed by atoms with Crippen molar-refractivity contribution in [2.45, 2.75) is 20.3 Å². The lowest BCUT2D eigenvalue weighted by atomic mass is 10.0. The minimum absolute atomic E-state index is 1.01. The van der Waals surface area contributed by atoms with E-state index in [4.69, 9.17) is 0 Å². The van der Waals surface area contributed by atoms with Crippen molar-refractivity contribution in [1.82, 2.24) is 4.98 Å². The number of nitrogens with zero attached hydrogens (tertiary/aromatic N) is 1. The van der Waals surface area contributed by atoms with Crippen LogP contribution in [0.15, 0.2) is 36.5 Å². The Balaban J connectivity index is 2.27. The highest BCUT2D eigenvalue weighted by Crippen LogP contribution is 2.37. The Bertz CT molecular complexity index is 609. The molecule has 1 aliphatic carbocycles. The smallest absolute Gasteiger partial charge is 0.0746 e. The zero-order valence-corrected chi connectivity index (χ0v) is 10.2. The molecule has 1 nitrogen and oxygen atoms in total. The lowest BCUT2D eigenvalue weighted by molar-refractivity contribution is 1.18. The molecule has 1 aromatic heterocycles. The van der Waals surface area contributed by atoms with E-state index in [1.165, 1.54) is 33.5 Å². The van der Waals surface area contributed by atoms with Gasteiger partial charge in [0, 0.05) is 18.2 Å². The van der Waals surface area contributed by atoms with Gasteiger partial charge in [0.05, 0.1) is 5.69 Å². The molecule has 3 rings (SSSR count). The molecule has 1 aromatic carbocycles. The van der Waals surface area contributed by atoms with Crippen LogP contribution in [-0.4, -0.2) is 4.98 Å². The van der Waals surface area contributed by atoms with Gasteiger partial charge in [0.1, 0.15) is 0 Å². The van der Waals surface area contributed by atoms with Gasteiger partial charge in [-0.05, 0) is 36.1 Å². The molecule has 0 amide bonds. The van der Waals surface area contributed by atoms with Gasteiger partial charge >= 0.3 is 0 Å². The molecule has 0 saturated heterocycles. The molecule has 1 aliphatic rings. The van der Waals surface area contributed by atoms with E-state index in [-0.39, 0.29) is 0 Å². The van der Waals surface area contributed by atoms with E-state index in [0.29, 0.717) is 0 Å². The summed E-state index contributed by atoms with van der Waals surface area (Å²) in [6.45, 7) is 4.19. The molecule has 0 saturated carbocycles. The van der Waals surface area contributed by atoms with Gasteiger partial charge in [0.2, 0.25) is 0 Å². The number of rotatable bonds is 1. The fraction of sp³-hybridized carbons (Fsp3) is 0.188. The Kier molecular flexibility index (Phi) is 2.32. The number of aryl methyl sites for hydroxylation is 1. The molecule has 0 spiro atoms. The zero-order valence-electron chi connectivity index (χ0n) is 10.2. The molecule has 0 fully saturated rings. The van der Waals surface area contributed by atoms with Gasteiger partial charge in [-0.3, -0.25) is 4.98 Å². The minimum Gasteiger partial charge on any atom is -0.256 e. The molecule has 0 bridgehead atoms. The van der Waals surface area contributed by atoms with Crippen molar-refractivity contribution in [3.8, 4) is 11.3 Å². The third kappa shape index (κ3) is 1.50. The lowest BCUT2D eigenvalue weighted by Crippen LogP contribution is -1.93. The van der Waals surface area contributed by atoms with E-state index in [9.17, 15) is 0 Å². The van der Waals surface area contributed by atoms with Crippen LogP contribution in [-0.2, 0) is 6.42 Å². The predicted molar refractivity (Wildman–Crippen MR) is 71.9 cm³/mol. The van der Waals surface area contributed by atoms with Crippen LogP contribution in [0.1, 0.15) is 29.2 Å². The molecule has 0 N–H and O–H groups in total. The fourth-order valence-electron chi connectivity index (χ4n) is 2.58. The maximum absolute atomic E-state index is 4.61. The molecule has 0 atom stereocenters. The second-order valence-corrected chi connectivity index (χ2v) is 4.52. The summed E-state index contributed by atoms with van der Waals surface area (Å²) in [5.41, 5.74) is 7.84. The van der Waals surface area contributed by atoms with Crippen LogP contribution in [0.25, 0.3) is 17.3 Å². The quantitative estimate of drug-likeness (QED) is 0.605. The van der Waals surface area contributed by atoms with Crippen molar-refractivity contribution < 1.29 is 0 Å². The van der Waals surface area contributed by atoms with Crippen LogP contribution in [0, 0.1) is 6.92 Å². The molecule has 1 heterocycles. The second kappa shape index (κ2) is 3.85. The van der Waals surface area contributed by atoms with E-state index in [2.05, 4.69) is 55.2 Å². The van der Waals surface area contributed by atoms with Crippen LogP contribution >= 0.6 is 0 Å². The molecule has 0 radical (unpaired) electrons. The van der Waals surface area contributed by atoms with Crippen molar-refractivity contribution in [2.75, 3.05) is 0 Å². The topological polar surface area (TPSA) is 12.9 Å². The first-order valence-electron chi connectivity index (χ1n) is 6.00. The first-order valence-corrected chi connectivity index (χ1v) is 6.00. The Hall–Kier alpha value is -1.89. The first kappa shape index (κ1) is 10.3. The number of allylic oxidation sites excluding steroid dienone is 1. The first-order chi connectivity index (χ1) is 8.31. The summed E-state index contributed by atoms with van der Waals surface area (Å²) in [4.78, 5) is 4.61. The van der Waals surface area contributed by atoms with Gasteiger partial charge in [-0.25, -0.2) is 0 Å². The number of fused-ring (bicyclic) bond motifs is 3. The molecule has 0 aliphatic heterocycles. The Morgan fingerprint density at radius 3 is 2.88 bits per heavy atom. The summed E-state index contributed by atoms with van der Waals surface area (Å²) < 4.78 is 0. The monoisotopic (exact) mass is 221 g/mol. The average molecular weight is 221 g/mol. The summed E-state index contributed by atoms with van der Waals surface area (Å²) in [5, 5.41) is 0. The highest BCUT2D eigenvalue weighted by Gasteiger charge is 2.21. The van der Waals surface area contributed by atoms with Gasteiger partial charge in [-0.2, -0.15) is 0 Å². The van der Waals surface area contributed by atoms with Gasteiger partial charge < -0.3 is 0 Å². The second-order valence-electron chi connectivity index (χ2n) is 4.52. The zero-order chi connectivity index (χ0) is 11.8. The van der Waals surface area contributed by atoms with Crippen molar-refractivity contribution in [2.24, 2.45) is 0 Å². The van der Waals surface area contributed by atoms with E-state index in [1.54, 1.807) is 0 Å². The molecule has 2 aromatic rings. The van der Waals surface area contributed by atoms with Gasteiger partial charge in [0.15, 0.2) is 0 Å². The van der Waals surface area contributed by atoms with Crippen LogP contribution in [0.3, 0.4) is 0 Å². The highest BCUT2D eigenvalue weighted by molar-refractivity contribution is 5.78. The van der Waals surface area contributed by atoms with Crippen LogP contribution < -0.4 is 0 Å². The minimum atomic E-state index is 1.01. The van der Waals surface area contributed by atoms with Crippen LogP contribution in [0.4, 0.5) is 0 Å². The summed E-state index contributed by atoms with van der Waals surface area (Å²) in [5.74, 6) is 0. The van der Waals surface area contributed by atoms with Gasteiger partial charge in [0.25, 0.3) is 0 Å². The summed E-state index contributed by atoms with van der Waals surface area (Å²) in [7, 11) is 0. The molecular formula is C16H15N. The summed E-state index contributed by atoms with van der Waals surface area (Å²) in [6, 6.07) is 8.56. The SMILES string of the molecule is C/C=C\c1c(C)cnc2c1Cc1ccccc1-2. The Labute approximate surface area is 102 Å². The third-order valence-electron chi connectivity index (χ3n) is 3.40. The normalized spacial score (nSPS) is 12.8. The lowest BCUT2D eigenvalue weighted by Gasteiger charge is -2.07. The Morgan fingerprint density at radius 2 is 2.06 bits per heavy atom. The largest absolute Gasteiger partial charge is 0.256 e. The molecule has 0 unspecified atom stereocenters. The third-order valence-corrected chi connectivity index (χ3v) is 3.40. The fourth-order valence-corrected chi connectivity index (χ4v) is 2.58. The van der Waals surface area contributed by atoms with Crippen molar-refractivity contribution in [1.29, 1.82) is 0 Å². The van der Waals surface area contributed by atoms with E-state index < -0.39 is 0 Å². The number of hydrogen-bond donors (Lipinski definition) is 0. The highest BCUT2D eigenvalue weighted by atomic mass is 14.7. The summed E-state index contributed by atoms with van der Waals surface area (Å²) >= 11 is 0. The summed E-state index contributed by atoms with van der Waals surface area (Å²) in [6.07, 6.45) is 7.30. The maximum atomic E-state index is 4.61.